The number of esters is 1. The van der Waals surface area contributed by atoms with E-state index < -0.39 is 0 Å². The van der Waals surface area contributed by atoms with Gasteiger partial charge in [0.2, 0.25) is 0 Å². The van der Waals surface area contributed by atoms with E-state index >= 15 is 0 Å². The first-order valence-electron chi connectivity index (χ1n) is 10.6. The van der Waals surface area contributed by atoms with Gasteiger partial charge in [-0.05, 0) is 51.3 Å². The zero-order valence-electron chi connectivity index (χ0n) is 17.8. The molecule has 1 saturated heterocycles. The van der Waals surface area contributed by atoms with Gasteiger partial charge in [0.1, 0.15) is 5.69 Å². The van der Waals surface area contributed by atoms with Gasteiger partial charge in [0.25, 0.3) is 5.91 Å². The van der Waals surface area contributed by atoms with Crippen LogP contribution in [0.15, 0.2) is 42.5 Å². The molecule has 0 unspecified atom stereocenters. The Kier molecular flexibility index (Phi) is 5.95. The number of rotatable bonds is 5. The van der Waals surface area contributed by atoms with E-state index in [1.807, 2.05) is 36.1 Å². The van der Waals surface area contributed by atoms with E-state index in [1.165, 1.54) is 4.88 Å². The van der Waals surface area contributed by atoms with Crippen molar-refractivity contribution in [2.45, 2.75) is 39.7 Å². The Balaban J connectivity index is 1.69. The second kappa shape index (κ2) is 8.64. The number of ether oxygens (including phenoxy) is 1. The standard InChI is InChI=1S/C24H28N2O3S/c1-4-29-24(28)19-11-8-12-25(15-19)23(27)21-14-22-20(13-16(2)30-22)26(21)17(3)18-9-6-5-7-10-18/h5-7,9-10,13-14,17,19H,4,8,11-12,15H2,1-3H3/t17-,19+/m0/s1. The molecule has 0 N–H and O–H groups in total. The van der Waals surface area contributed by atoms with Gasteiger partial charge in [-0.25, -0.2) is 0 Å². The quantitative estimate of drug-likeness (QED) is 0.540. The highest BCUT2D eigenvalue weighted by Crippen LogP contribution is 2.34. The van der Waals surface area contributed by atoms with Gasteiger partial charge in [-0.3, -0.25) is 9.59 Å². The maximum atomic E-state index is 13.6. The van der Waals surface area contributed by atoms with Gasteiger partial charge >= 0.3 is 5.97 Å². The maximum Gasteiger partial charge on any atom is 0.310 e. The first-order chi connectivity index (χ1) is 14.5. The second-order valence-corrected chi connectivity index (χ2v) is 9.22. The summed E-state index contributed by atoms with van der Waals surface area (Å²) in [6.45, 7) is 7.52. The molecule has 6 heteroatoms. The molecule has 30 heavy (non-hydrogen) atoms. The maximum absolute atomic E-state index is 13.6. The molecule has 4 rings (SSSR count). The van der Waals surface area contributed by atoms with E-state index in [4.69, 9.17) is 4.74 Å². The molecular formula is C24H28N2O3S. The molecule has 0 aliphatic carbocycles. The van der Waals surface area contributed by atoms with Gasteiger partial charge in [0.05, 0.1) is 28.8 Å². The highest BCUT2D eigenvalue weighted by molar-refractivity contribution is 7.19. The smallest absolute Gasteiger partial charge is 0.310 e. The summed E-state index contributed by atoms with van der Waals surface area (Å²) in [4.78, 5) is 28.9. The summed E-state index contributed by atoms with van der Waals surface area (Å²) in [6.07, 6.45) is 1.59. The van der Waals surface area contributed by atoms with Crippen molar-refractivity contribution in [2.75, 3.05) is 19.7 Å². The lowest BCUT2D eigenvalue weighted by molar-refractivity contribution is -0.149. The summed E-state index contributed by atoms with van der Waals surface area (Å²) in [7, 11) is 0. The number of benzene rings is 1. The topological polar surface area (TPSA) is 51.5 Å². The van der Waals surface area contributed by atoms with Crippen molar-refractivity contribution in [3.63, 3.8) is 0 Å². The van der Waals surface area contributed by atoms with Crippen molar-refractivity contribution in [2.24, 2.45) is 5.92 Å². The van der Waals surface area contributed by atoms with Crippen LogP contribution in [0, 0.1) is 12.8 Å². The lowest BCUT2D eigenvalue weighted by Gasteiger charge is -2.32. The molecule has 2 atom stereocenters. The minimum atomic E-state index is -0.235. The highest BCUT2D eigenvalue weighted by Gasteiger charge is 2.32. The fourth-order valence-corrected chi connectivity index (χ4v) is 5.32. The van der Waals surface area contributed by atoms with Crippen molar-refractivity contribution >= 4 is 33.4 Å². The van der Waals surface area contributed by atoms with Crippen LogP contribution in [0.5, 0.6) is 0 Å². The SMILES string of the molecule is CCOC(=O)[C@@H]1CCCN(C(=O)c2cc3sc(C)cc3n2[C@@H](C)c2ccccc2)C1. The second-order valence-electron chi connectivity index (χ2n) is 7.94. The van der Waals surface area contributed by atoms with Gasteiger partial charge < -0.3 is 14.2 Å². The third-order valence-electron chi connectivity index (χ3n) is 5.87. The molecule has 0 spiro atoms. The first-order valence-corrected chi connectivity index (χ1v) is 11.4. The van der Waals surface area contributed by atoms with Crippen LogP contribution in [0.1, 0.15) is 53.7 Å². The number of nitrogens with zero attached hydrogens (tertiary/aromatic N) is 2. The van der Waals surface area contributed by atoms with Crippen LogP contribution >= 0.6 is 11.3 Å². The van der Waals surface area contributed by atoms with Gasteiger partial charge in [-0.15, -0.1) is 11.3 Å². The van der Waals surface area contributed by atoms with Crippen LogP contribution in [-0.4, -0.2) is 41.0 Å². The van der Waals surface area contributed by atoms with Crippen LogP contribution in [-0.2, 0) is 9.53 Å². The molecule has 158 valence electrons. The fourth-order valence-electron chi connectivity index (χ4n) is 4.37. The number of amides is 1. The van der Waals surface area contributed by atoms with Gasteiger partial charge in [0, 0.05) is 18.0 Å². The summed E-state index contributed by atoms with van der Waals surface area (Å²) >= 11 is 1.71. The third-order valence-corrected chi connectivity index (χ3v) is 6.85. The average Bonchev–Trinajstić information content (AvgIpc) is 3.29. The Labute approximate surface area is 181 Å². The van der Waals surface area contributed by atoms with E-state index in [0.717, 1.165) is 28.6 Å². The number of carbonyl (C=O) groups is 2. The van der Waals surface area contributed by atoms with Gasteiger partial charge in [0.15, 0.2) is 0 Å². The molecule has 1 aliphatic rings. The third kappa shape index (κ3) is 3.88. The summed E-state index contributed by atoms with van der Waals surface area (Å²) in [5.74, 6) is -0.437. The molecular weight excluding hydrogens is 396 g/mol. The lowest BCUT2D eigenvalue weighted by Crippen LogP contribution is -2.43. The number of aryl methyl sites for hydroxylation is 1. The van der Waals surface area contributed by atoms with Crippen molar-refractivity contribution in [3.8, 4) is 0 Å². The zero-order chi connectivity index (χ0) is 21.3. The molecule has 5 nitrogen and oxygen atoms in total. The van der Waals surface area contributed by atoms with Gasteiger partial charge in [-0.2, -0.15) is 0 Å². The minimum absolute atomic E-state index is 0.00664. The number of aromatic nitrogens is 1. The molecule has 0 saturated carbocycles. The number of carbonyl (C=O) groups excluding carboxylic acids is 2. The molecule has 1 aliphatic heterocycles. The van der Waals surface area contributed by atoms with Crippen LogP contribution in [0.4, 0.5) is 0 Å². The predicted octanol–water partition coefficient (Wildman–Crippen LogP) is 5.04. The molecule has 1 amide bonds. The van der Waals surface area contributed by atoms with Crippen molar-refractivity contribution in [3.05, 3.63) is 58.6 Å². The number of fused-ring (bicyclic) bond motifs is 1. The normalized spacial score (nSPS) is 17.8. The van der Waals surface area contributed by atoms with E-state index in [1.54, 1.807) is 11.3 Å². The number of hydrogen-bond acceptors (Lipinski definition) is 4. The highest BCUT2D eigenvalue weighted by atomic mass is 32.1. The summed E-state index contributed by atoms with van der Waals surface area (Å²) in [6, 6.07) is 14.5. The van der Waals surface area contributed by atoms with Crippen molar-refractivity contribution in [1.82, 2.24) is 9.47 Å². The molecule has 1 aromatic carbocycles. The summed E-state index contributed by atoms with van der Waals surface area (Å²) in [5, 5.41) is 0. The van der Waals surface area contributed by atoms with Crippen LogP contribution in [0.3, 0.4) is 0 Å². The minimum Gasteiger partial charge on any atom is -0.466 e. The molecule has 3 aromatic rings. The lowest BCUT2D eigenvalue weighted by atomic mass is 9.98. The number of likely N-dealkylation sites (tertiary alicyclic amines) is 1. The zero-order valence-corrected chi connectivity index (χ0v) is 18.6. The first kappa shape index (κ1) is 20.7. The van der Waals surface area contributed by atoms with Crippen molar-refractivity contribution < 1.29 is 14.3 Å². The molecule has 0 bridgehead atoms. The number of piperidine rings is 1. The summed E-state index contributed by atoms with van der Waals surface area (Å²) < 4.78 is 8.48. The molecule has 1 fully saturated rings. The summed E-state index contributed by atoms with van der Waals surface area (Å²) in [5.41, 5.74) is 2.95. The molecule has 2 aromatic heterocycles. The Morgan fingerprint density at radius 3 is 2.73 bits per heavy atom. The van der Waals surface area contributed by atoms with E-state index in [9.17, 15) is 9.59 Å². The molecule has 0 radical (unpaired) electrons. The van der Waals surface area contributed by atoms with Gasteiger partial charge in [-0.1, -0.05) is 30.3 Å². The largest absolute Gasteiger partial charge is 0.466 e. The predicted molar refractivity (Wildman–Crippen MR) is 120 cm³/mol. The monoisotopic (exact) mass is 424 g/mol. The van der Waals surface area contributed by atoms with Crippen molar-refractivity contribution in [1.29, 1.82) is 0 Å². The van der Waals surface area contributed by atoms with E-state index in [-0.39, 0.29) is 23.8 Å². The average molecular weight is 425 g/mol. The number of hydrogen-bond donors (Lipinski definition) is 0. The van der Waals surface area contributed by atoms with E-state index in [2.05, 4.69) is 36.6 Å². The van der Waals surface area contributed by atoms with Crippen LogP contribution in [0.25, 0.3) is 10.2 Å². The Hall–Kier alpha value is -2.60. The Morgan fingerprint density at radius 1 is 1.23 bits per heavy atom. The van der Waals surface area contributed by atoms with Crippen LogP contribution in [0.2, 0.25) is 0 Å². The Bertz CT molecular complexity index is 1050. The fraction of sp³-hybridized carbons (Fsp3) is 0.417. The number of thiophene rings is 1. The van der Waals surface area contributed by atoms with Crippen LogP contribution < -0.4 is 0 Å². The molecule has 3 heterocycles. The Morgan fingerprint density at radius 2 is 2.00 bits per heavy atom. The van der Waals surface area contributed by atoms with E-state index in [0.29, 0.717) is 25.4 Å².